The van der Waals surface area contributed by atoms with E-state index in [-0.39, 0.29) is 24.8 Å². The van der Waals surface area contributed by atoms with Crippen molar-refractivity contribution in [1.82, 2.24) is 5.01 Å². The Balaban J connectivity index is 1.80. The standard InChI is InChI=1S/C19H20N2O4/c1-13-7-9-14(10-8-13)15-12-16(17-4-3-11-25-17)21(20-15)18(22)5-2-6-19(23)24/h3-4,7-11,16H,2,5-6,12H2,1H3,(H,23,24)/t16-/m0/s1. The Bertz CT molecular complexity index is 778. The van der Waals surface area contributed by atoms with Crippen molar-refractivity contribution in [2.24, 2.45) is 5.10 Å². The van der Waals surface area contributed by atoms with E-state index in [0.717, 1.165) is 16.8 Å². The first-order valence-electron chi connectivity index (χ1n) is 8.26. The van der Waals surface area contributed by atoms with E-state index in [1.807, 2.05) is 37.3 Å². The molecule has 1 atom stereocenters. The number of hydrogen-bond acceptors (Lipinski definition) is 4. The van der Waals surface area contributed by atoms with Gasteiger partial charge in [0.15, 0.2) is 0 Å². The summed E-state index contributed by atoms with van der Waals surface area (Å²) in [6.45, 7) is 2.02. The third-order valence-electron chi connectivity index (χ3n) is 4.20. The number of aryl methyl sites for hydroxylation is 1. The average molecular weight is 340 g/mol. The van der Waals surface area contributed by atoms with Crippen LogP contribution in [-0.2, 0) is 9.59 Å². The molecule has 1 aliphatic rings. The van der Waals surface area contributed by atoms with Crippen molar-refractivity contribution in [3.63, 3.8) is 0 Å². The number of aliphatic carboxylic acids is 1. The molecule has 3 rings (SSSR count). The molecule has 25 heavy (non-hydrogen) atoms. The minimum atomic E-state index is -0.902. The highest BCUT2D eigenvalue weighted by molar-refractivity contribution is 6.03. The molecule has 0 aliphatic carbocycles. The maximum atomic E-state index is 12.5. The first-order chi connectivity index (χ1) is 12.0. The number of amides is 1. The zero-order chi connectivity index (χ0) is 17.8. The number of carboxylic acid groups (broad SMARTS) is 1. The minimum Gasteiger partial charge on any atom is -0.481 e. The average Bonchev–Trinajstić information content (AvgIpc) is 3.24. The van der Waals surface area contributed by atoms with Crippen LogP contribution in [0.1, 0.15) is 48.6 Å². The van der Waals surface area contributed by atoms with E-state index >= 15 is 0 Å². The Morgan fingerprint density at radius 2 is 2.00 bits per heavy atom. The topological polar surface area (TPSA) is 83.1 Å². The molecule has 2 heterocycles. The van der Waals surface area contributed by atoms with Crippen molar-refractivity contribution in [1.29, 1.82) is 0 Å². The first-order valence-corrected chi connectivity index (χ1v) is 8.26. The molecule has 1 N–H and O–H groups in total. The zero-order valence-corrected chi connectivity index (χ0v) is 14.0. The predicted octanol–water partition coefficient (Wildman–Crippen LogP) is 3.52. The summed E-state index contributed by atoms with van der Waals surface area (Å²) in [7, 11) is 0. The fraction of sp³-hybridized carbons (Fsp3) is 0.316. The highest BCUT2D eigenvalue weighted by atomic mass is 16.4. The van der Waals surface area contributed by atoms with Crippen LogP contribution in [0.15, 0.2) is 52.2 Å². The van der Waals surface area contributed by atoms with E-state index in [1.165, 1.54) is 5.01 Å². The van der Waals surface area contributed by atoms with Crippen LogP contribution in [0, 0.1) is 6.92 Å². The van der Waals surface area contributed by atoms with Crippen molar-refractivity contribution in [2.45, 2.75) is 38.6 Å². The molecule has 0 saturated heterocycles. The van der Waals surface area contributed by atoms with Gasteiger partial charge in [-0.3, -0.25) is 9.59 Å². The number of carbonyl (C=O) groups is 2. The molecule has 0 unspecified atom stereocenters. The normalized spacial score (nSPS) is 16.8. The summed E-state index contributed by atoms with van der Waals surface area (Å²) in [5.41, 5.74) is 2.96. The molecule has 2 aromatic rings. The molecule has 1 aliphatic heterocycles. The van der Waals surface area contributed by atoms with Gasteiger partial charge in [0.2, 0.25) is 5.91 Å². The molecule has 0 fully saturated rings. The number of benzene rings is 1. The molecule has 6 nitrogen and oxygen atoms in total. The van der Waals surface area contributed by atoms with Gasteiger partial charge in [-0.05, 0) is 31.0 Å². The minimum absolute atomic E-state index is 0.0282. The van der Waals surface area contributed by atoms with Gasteiger partial charge in [0, 0.05) is 19.3 Å². The van der Waals surface area contributed by atoms with Crippen LogP contribution in [-0.4, -0.2) is 27.7 Å². The fourth-order valence-corrected chi connectivity index (χ4v) is 2.87. The third kappa shape index (κ3) is 3.96. The second-order valence-corrected chi connectivity index (χ2v) is 6.13. The maximum Gasteiger partial charge on any atom is 0.303 e. The van der Waals surface area contributed by atoms with E-state index in [1.54, 1.807) is 12.3 Å². The molecule has 0 saturated carbocycles. The lowest BCUT2D eigenvalue weighted by atomic mass is 10.0. The summed E-state index contributed by atoms with van der Waals surface area (Å²) in [5, 5.41) is 14.7. The highest BCUT2D eigenvalue weighted by Crippen LogP contribution is 2.33. The summed E-state index contributed by atoms with van der Waals surface area (Å²) < 4.78 is 5.48. The predicted molar refractivity (Wildman–Crippen MR) is 92.1 cm³/mol. The van der Waals surface area contributed by atoms with Gasteiger partial charge in [0.05, 0.1) is 12.0 Å². The lowest BCUT2D eigenvalue weighted by Gasteiger charge is -2.19. The molecule has 1 aromatic heterocycles. The van der Waals surface area contributed by atoms with Crippen molar-refractivity contribution in [2.75, 3.05) is 0 Å². The Morgan fingerprint density at radius 3 is 2.64 bits per heavy atom. The van der Waals surface area contributed by atoms with Gasteiger partial charge in [-0.1, -0.05) is 29.8 Å². The van der Waals surface area contributed by atoms with Gasteiger partial charge in [0.25, 0.3) is 0 Å². The summed E-state index contributed by atoms with van der Waals surface area (Å²) in [5.74, 6) is -0.414. The number of carboxylic acids is 1. The molecule has 1 amide bonds. The largest absolute Gasteiger partial charge is 0.481 e. The smallest absolute Gasteiger partial charge is 0.303 e. The molecule has 0 radical (unpaired) electrons. The van der Waals surface area contributed by atoms with Gasteiger partial charge in [-0.25, -0.2) is 5.01 Å². The summed E-state index contributed by atoms with van der Waals surface area (Å²) in [4.78, 5) is 23.2. The van der Waals surface area contributed by atoms with Crippen LogP contribution < -0.4 is 0 Å². The number of carbonyl (C=O) groups excluding carboxylic acids is 1. The van der Waals surface area contributed by atoms with Gasteiger partial charge in [0.1, 0.15) is 11.8 Å². The van der Waals surface area contributed by atoms with Crippen LogP contribution in [0.5, 0.6) is 0 Å². The van der Waals surface area contributed by atoms with Crippen LogP contribution in [0.4, 0.5) is 0 Å². The van der Waals surface area contributed by atoms with Gasteiger partial charge >= 0.3 is 5.97 Å². The number of nitrogens with zero attached hydrogens (tertiary/aromatic N) is 2. The third-order valence-corrected chi connectivity index (χ3v) is 4.20. The Kier molecular flexibility index (Phi) is 4.97. The summed E-state index contributed by atoms with van der Waals surface area (Å²) >= 11 is 0. The van der Waals surface area contributed by atoms with E-state index in [9.17, 15) is 9.59 Å². The van der Waals surface area contributed by atoms with Crippen LogP contribution in [0.2, 0.25) is 0 Å². The Labute approximate surface area is 145 Å². The van der Waals surface area contributed by atoms with Crippen LogP contribution >= 0.6 is 0 Å². The van der Waals surface area contributed by atoms with E-state index in [4.69, 9.17) is 9.52 Å². The first kappa shape index (κ1) is 17.0. The molecule has 1 aromatic carbocycles. The van der Waals surface area contributed by atoms with Crippen molar-refractivity contribution in [3.05, 3.63) is 59.5 Å². The van der Waals surface area contributed by atoms with E-state index in [0.29, 0.717) is 18.6 Å². The van der Waals surface area contributed by atoms with E-state index in [2.05, 4.69) is 5.10 Å². The molecular formula is C19H20N2O4. The van der Waals surface area contributed by atoms with Crippen molar-refractivity contribution in [3.8, 4) is 0 Å². The highest BCUT2D eigenvalue weighted by Gasteiger charge is 2.34. The molecule has 130 valence electrons. The van der Waals surface area contributed by atoms with Gasteiger partial charge in [-0.15, -0.1) is 0 Å². The fourth-order valence-electron chi connectivity index (χ4n) is 2.87. The van der Waals surface area contributed by atoms with Crippen molar-refractivity contribution < 1.29 is 19.1 Å². The number of furan rings is 1. The monoisotopic (exact) mass is 340 g/mol. The Morgan fingerprint density at radius 1 is 1.24 bits per heavy atom. The molecular weight excluding hydrogens is 320 g/mol. The second-order valence-electron chi connectivity index (χ2n) is 6.13. The number of hydrazone groups is 1. The number of rotatable bonds is 6. The summed E-state index contributed by atoms with van der Waals surface area (Å²) in [6, 6.07) is 11.3. The van der Waals surface area contributed by atoms with Crippen LogP contribution in [0.3, 0.4) is 0 Å². The molecule has 0 bridgehead atoms. The lowest BCUT2D eigenvalue weighted by Crippen LogP contribution is -2.26. The Hall–Kier alpha value is -2.89. The maximum absolute atomic E-state index is 12.5. The quantitative estimate of drug-likeness (QED) is 0.872. The van der Waals surface area contributed by atoms with Crippen LogP contribution in [0.25, 0.3) is 0 Å². The van der Waals surface area contributed by atoms with Gasteiger partial charge in [-0.2, -0.15) is 5.10 Å². The second kappa shape index (κ2) is 7.34. The number of hydrogen-bond donors (Lipinski definition) is 1. The molecule has 0 spiro atoms. The zero-order valence-electron chi connectivity index (χ0n) is 14.0. The van der Waals surface area contributed by atoms with E-state index < -0.39 is 5.97 Å². The summed E-state index contributed by atoms with van der Waals surface area (Å²) in [6.07, 6.45) is 2.56. The van der Waals surface area contributed by atoms with Crippen molar-refractivity contribution >= 4 is 17.6 Å². The lowest BCUT2D eigenvalue weighted by molar-refractivity contribution is -0.137. The SMILES string of the molecule is Cc1ccc(C2=NN(C(=O)CCCC(=O)O)[C@H](c3ccco3)C2)cc1. The molecule has 6 heteroatoms. The van der Waals surface area contributed by atoms with Gasteiger partial charge < -0.3 is 9.52 Å².